The molecule has 0 spiro atoms. The standard InChI is InChI=1S/C13H11NO4S2.C8H8O2/c1-7(8-3-2-4-9(15)5-8)11-12(18)14(6-10(16)17)13(19)20-11;1-6(9)7-3-2-4-8(10)5-7/h2-5,15H,6H2,1H3,(H,16,17);2-5,10H,1H3/b11-7+;. The first kappa shape index (κ1) is 23.1. The van der Waals surface area contributed by atoms with Crippen LogP contribution in [0.4, 0.5) is 0 Å². The van der Waals surface area contributed by atoms with Gasteiger partial charge in [-0.3, -0.25) is 19.3 Å². The maximum absolute atomic E-state index is 12.2. The van der Waals surface area contributed by atoms with Gasteiger partial charge < -0.3 is 15.3 Å². The third kappa shape index (κ3) is 5.91. The smallest absolute Gasteiger partial charge is 0.323 e. The molecule has 0 aromatic heterocycles. The number of carboxylic acid groups (broad SMARTS) is 1. The third-order valence-corrected chi connectivity index (χ3v) is 5.57. The Morgan fingerprint density at radius 1 is 1.00 bits per heavy atom. The molecule has 1 heterocycles. The Kier molecular flexibility index (Phi) is 7.73. The number of carbonyl (C=O) groups excluding carboxylic acids is 2. The number of nitrogens with zero attached hydrogens (tertiary/aromatic N) is 1. The molecule has 0 saturated carbocycles. The molecule has 156 valence electrons. The maximum Gasteiger partial charge on any atom is 0.323 e. The number of hydrogen-bond donors (Lipinski definition) is 3. The molecule has 1 aliphatic rings. The normalized spacial score (nSPS) is 14.8. The van der Waals surface area contributed by atoms with Crippen LogP contribution in [0.2, 0.25) is 0 Å². The molecule has 1 amide bonds. The monoisotopic (exact) mass is 445 g/mol. The fourth-order valence-electron chi connectivity index (χ4n) is 2.50. The molecular weight excluding hydrogens is 426 g/mol. The lowest BCUT2D eigenvalue weighted by atomic mass is 10.1. The predicted molar refractivity (Wildman–Crippen MR) is 118 cm³/mol. The predicted octanol–water partition coefficient (Wildman–Crippen LogP) is 3.66. The average molecular weight is 446 g/mol. The summed E-state index contributed by atoms with van der Waals surface area (Å²) < 4.78 is 0.229. The van der Waals surface area contributed by atoms with Crippen LogP contribution in [0.3, 0.4) is 0 Å². The fraction of sp³-hybridized carbons (Fsp3) is 0.143. The Morgan fingerprint density at radius 3 is 2.00 bits per heavy atom. The molecule has 7 nitrogen and oxygen atoms in total. The van der Waals surface area contributed by atoms with Crippen molar-refractivity contribution < 1.29 is 29.7 Å². The maximum atomic E-state index is 12.2. The van der Waals surface area contributed by atoms with Gasteiger partial charge in [0.25, 0.3) is 5.91 Å². The molecule has 0 aliphatic carbocycles. The van der Waals surface area contributed by atoms with E-state index < -0.39 is 18.4 Å². The Balaban J connectivity index is 0.000000269. The zero-order valence-electron chi connectivity index (χ0n) is 16.2. The second kappa shape index (κ2) is 10.0. The van der Waals surface area contributed by atoms with Crippen LogP contribution >= 0.6 is 24.0 Å². The van der Waals surface area contributed by atoms with Gasteiger partial charge in [-0.1, -0.05) is 48.2 Å². The first-order valence-corrected chi connectivity index (χ1v) is 9.88. The van der Waals surface area contributed by atoms with Gasteiger partial charge in [0.1, 0.15) is 22.4 Å². The van der Waals surface area contributed by atoms with Crippen molar-refractivity contribution in [3.8, 4) is 11.5 Å². The van der Waals surface area contributed by atoms with Gasteiger partial charge in [-0.15, -0.1) is 0 Å². The van der Waals surface area contributed by atoms with Crippen LogP contribution < -0.4 is 0 Å². The molecule has 0 bridgehead atoms. The second-order valence-corrected chi connectivity index (χ2v) is 7.91. The summed E-state index contributed by atoms with van der Waals surface area (Å²) in [5.74, 6) is -1.33. The van der Waals surface area contributed by atoms with E-state index in [-0.39, 0.29) is 21.6 Å². The summed E-state index contributed by atoms with van der Waals surface area (Å²) in [6.45, 7) is 2.76. The molecule has 30 heavy (non-hydrogen) atoms. The van der Waals surface area contributed by atoms with E-state index in [2.05, 4.69) is 0 Å². The number of carbonyl (C=O) groups is 3. The number of aromatic hydroxyl groups is 2. The molecule has 0 radical (unpaired) electrons. The summed E-state index contributed by atoms with van der Waals surface area (Å²) in [7, 11) is 0. The molecule has 9 heteroatoms. The van der Waals surface area contributed by atoms with Crippen molar-refractivity contribution in [1.82, 2.24) is 4.90 Å². The molecule has 0 atom stereocenters. The van der Waals surface area contributed by atoms with Gasteiger partial charge in [-0.25, -0.2) is 0 Å². The quantitative estimate of drug-likeness (QED) is 0.371. The number of allylic oxidation sites excluding steroid dienone is 1. The summed E-state index contributed by atoms with van der Waals surface area (Å²) in [5, 5.41) is 27.2. The van der Waals surface area contributed by atoms with Gasteiger partial charge in [-0.05, 0) is 49.2 Å². The van der Waals surface area contributed by atoms with Gasteiger partial charge in [0.15, 0.2) is 5.78 Å². The average Bonchev–Trinajstić information content (AvgIpc) is 2.95. The number of phenols is 2. The van der Waals surface area contributed by atoms with Crippen LogP contribution in [0.5, 0.6) is 11.5 Å². The Morgan fingerprint density at radius 2 is 1.53 bits per heavy atom. The van der Waals surface area contributed by atoms with Crippen molar-refractivity contribution in [3.63, 3.8) is 0 Å². The van der Waals surface area contributed by atoms with Gasteiger partial charge in [-0.2, -0.15) is 0 Å². The largest absolute Gasteiger partial charge is 0.508 e. The van der Waals surface area contributed by atoms with Crippen LogP contribution in [-0.4, -0.2) is 48.7 Å². The Bertz CT molecular complexity index is 1050. The topological polar surface area (TPSA) is 115 Å². The number of thioether (sulfide) groups is 1. The lowest BCUT2D eigenvalue weighted by Gasteiger charge is -2.10. The molecule has 2 aromatic rings. The number of amides is 1. The zero-order chi connectivity index (χ0) is 22.4. The Hall–Kier alpha value is -3.17. The molecule has 3 N–H and O–H groups in total. The minimum absolute atomic E-state index is 0.0316. The number of ketones is 1. The van der Waals surface area contributed by atoms with Crippen LogP contribution in [0.15, 0.2) is 53.4 Å². The van der Waals surface area contributed by atoms with E-state index in [1.807, 2.05) is 0 Å². The van der Waals surface area contributed by atoms with Crippen LogP contribution in [-0.2, 0) is 9.59 Å². The number of thiocarbonyl (C=S) groups is 1. The van der Waals surface area contributed by atoms with Crippen molar-refractivity contribution in [2.45, 2.75) is 13.8 Å². The number of carboxylic acids is 1. The van der Waals surface area contributed by atoms with Crippen LogP contribution in [0.1, 0.15) is 29.8 Å². The van der Waals surface area contributed by atoms with Crippen molar-refractivity contribution in [2.75, 3.05) is 6.54 Å². The molecule has 1 saturated heterocycles. The van der Waals surface area contributed by atoms with E-state index in [0.717, 1.165) is 16.7 Å². The number of rotatable bonds is 4. The van der Waals surface area contributed by atoms with E-state index in [1.165, 1.54) is 25.1 Å². The first-order valence-electron chi connectivity index (χ1n) is 8.66. The van der Waals surface area contributed by atoms with E-state index in [1.54, 1.807) is 37.3 Å². The zero-order valence-corrected chi connectivity index (χ0v) is 17.8. The van der Waals surface area contributed by atoms with E-state index in [4.69, 9.17) is 22.4 Å². The molecule has 0 unspecified atom stereocenters. The lowest BCUT2D eigenvalue weighted by molar-refractivity contribution is -0.140. The molecule has 3 rings (SSSR count). The Labute approximate surface area is 182 Å². The molecule has 1 aliphatic heterocycles. The van der Waals surface area contributed by atoms with Gasteiger partial charge >= 0.3 is 5.97 Å². The summed E-state index contributed by atoms with van der Waals surface area (Å²) in [6, 6.07) is 12.8. The van der Waals surface area contributed by atoms with Crippen LogP contribution in [0, 0.1) is 0 Å². The molecule has 2 aromatic carbocycles. The van der Waals surface area contributed by atoms with Crippen molar-refractivity contribution >= 4 is 51.5 Å². The number of hydrogen-bond acceptors (Lipinski definition) is 7. The SMILES string of the molecule is C/C(=C1\SC(=S)N(CC(=O)O)C1=O)c1cccc(O)c1.CC(=O)c1cccc(O)c1. The summed E-state index contributed by atoms with van der Waals surface area (Å²) >= 11 is 6.10. The van der Waals surface area contributed by atoms with Gasteiger partial charge in [0.05, 0.1) is 4.91 Å². The minimum atomic E-state index is -1.11. The highest BCUT2D eigenvalue weighted by Crippen LogP contribution is 2.36. The number of aliphatic carboxylic acids is 1. The van der Waals surface area contributed by atoms with Crippen LogP contribution in [0.25, 0.3) is 5.57 Å². The number of Topliss-reactive ketones (excluding diaryl/α,β-unsaturated/α-hetero) is 1. The summed E-state index contributed by atoms with van der Waals surface area (Å²) in [4.78, 5) is 35.0. The lowest BCUT2D eigenvalue weighted by Crippen LogP contribution is -2.33. The summed E-state index contributed by atoms with van der Waals surface area (Å²) in [6.07, 6.45) is 0. The molecule has 1 fully saturated rings. The van der Waals surface area contributed by atoms with Gasteiger partial charge in [0, 0.05) is 5.56 Å². The van der Waals surface area contributed by atoms with Crippen molar-refractivity contribution in [1.29, 1.82) is 0 Å². The highest BCUT2D eigenvalue weighted by atomic mass is 32.2. The van der Waals surface area contributed by atoms with E-state index in [0.29, 0.717) is 21.6 Å². The molecular formula is C21H19NO6S2. The van der Waals surface area contributed by atoms with E-state index >= 15 is 0 Å². The minimum Gasteiger partial charge on any atom is -0.508 e. The highest BCUT2D eigenvalue weighted by molar-refractivity contribution is 8.26. The van der Waals surface area contributed by atoms with Crippen molar-refractivity contribution in [2.24, 2.45) is 0 Å². The second-order valence-electron chi connectivity index (χ2n) is 6.26. The van der Waals surface area contributed by atoms with Gasteiger partial charge in [0.2, 0.25) is 0 Å². The number of benzene rings is 2. The summed E-state index contributed by atoms with van der Waals surface area (Å²) in [5.41, 5.74) is 1.90. The fourth-order valence-corrected chi connectivity index (χ4v) is 3.79. The third-order valence-electron chi connectivity index (χ3n) is 4.01. The first-order chi connectivity index (χ1) is 14.1. The van der Waals surface area contributed by atoms with E-state index in [9.17, 15) is 19.5 Å². The number of phenolic OH excluding ortho intramolecular Hbond substituents is 2. The highest BCUT2D eigenvalue weighted by Gasteiger charge is 2.34. The van der Waals surface area contributed by atoms with Crippen molar-refractivity contribution in [3.05, 3.63) is 64.6 Å².